The molecule has 2 aromatic carbocycles. The van der Waals surface area contributed by atoms with Crippen molar-refractivity contribution in [1.29, 1.82) is 0 Å². The Morgan fingerprint density at radius 3 is 2.12 bits per heavy atom. The highest BCUT2D eigenvalue weighted by Crippen LogP contribution is 2.36. The molecule has 42 heavy (non-hydrogen) atoms. The van der Waals surface area contributed by atoms with Gasteiger partial charge in [-0.15, -0.1) is 6.54 Å². The lowest BCUT2D eigenvalue weighted by Crippen LogP contribution is -2.54. The summed E-state index contributed by atoms with van der Waals surface area (Å²) in [5, 5.41) is 16.5. The minimum Gasteiger partial charge on any atom is -0.661 e. The van der Waals surface area contributed by atoms with Crippen LogP contribution in [-0.2, 0) is 18.9 Å². The monoisotopic (exact) mass is 598 g/mol. The van der Waals surface area contributed by atoms with Gasteiger partial charge in [0.2, 0.25) is 5.95 Å². The van der Waals surface area contributed by atoms with Crippen LogP contribution in [-0.4, -0.2) is 60.4 Å². The number of para-hydroxylation sites is 1. The van der Waals surface area contributed by atoms with E-state index in [-0.39, 0.29) is 23.7 Å². The molecule has 1 aliphatic heterocycles. The van der Waals surface area contributed by atoms with E-state index in [1.807, 2.05) is 12.1 Å². The van der Waals surface area contributed by atoms with Gasteiger partial charge in [-0.2, -0.15) is 33.4 Å². The van der Waals surface area contributed by atoms with Crippen molar-refractivity contribution in [2.75, 3.05) is 32.1 Å². The molecule has 0 spiro atoms. The van der Waals surface area contributed by atoms with Gasteiger partial charge in [-0.1, -0.05) is 17.7 Å². The van der Waals surface area contributed by atoms with E-state index in [2.05, 4.69) is 39.3 Å². The fourth-order valence-corrected chi connectivity index (χ4v) is 4.51. The predicted molar refractivity (Wildman–Crippen MR) is 145 cm³/mol. The number of halogens is 6. The Bertz CT molecular complexity index is 1340. The molecule has 228 valence electrons. The first-order valence-electron chi connectivity index (χ1n) is 12.7. The molecule has 0 bridgehead atoms. The zero-order valence-corrected chi connectivity index (χ0v) is 23.2. The van der Waals surface area contributed by atoms with E-state index in [1.54, 1.807) is 19.2 Å². The molecular formula is C28H30F6N5O3-. The van der Waals surface area contributed by atoms with Crippen LogP contribution in [0.25, 0.3) is 16.6 Å². The Kier molecular flexibility index (Phi) is 10.4. The van der Waals surface area contributed by atoms with Crippen molar-refractivity contribution in [3.05, 3.63) is 76.2 Å². The van der Waals surface area contributed by atoms with Crippen LogP contribution in [0.1, 0.15) is 40.9 Å². The normalized spacial score (nSPS) is 17.3. The lowest BCUT2D eigenvalue weighted by atomic mass is 10.0. The minimum absolute atomic E-state index is 0.0597. The molecular weight excluding hydrogens is 568 g/mol. The number of nitrogens with one attached hydrogen (secondary N) is 1. The molecule has 0 radical (unpaired) electrons. The molecule has 2 N–H and O–H groups in total. The third-order valence-corrected chi connectivity index (χ3v) is 6.20. The summed E-state index contributed by atoms with van der Waals surface area (Å²) in [5.41, 5.74) is -1.67. The van der Waals surface area contributed by atoms with Gasteiger partial charge in [0.25, 0.3) is 0 Å². The number of aromatic nitrogens is 2. The number of aromatic carboxylic acids is 1. The first kappa shape index (κ1) is 32.6. The number of alkyl halides is 6. The molecule has 0 aliphatic carbocycles. The van der Waals surface area contributed by atoms with Crippen LogP contribution in [0.3, 0.4) is 0 Å². The van der Waals surface area contributed by atoms with Crippen LogP contribution < -0.4 is 15.0 Å². The van der Waals surface area contributed by atoms with E-state index in [1.165, 1.54) is 13.2 Å². The lowest BCUT2D eigenvalue weighted by molar-refractivity contribution is -0.143. The maximum atomic E-state index is 12.4. The van der Waals surface area contributed by atoms with Crippen molar-refractivity contribution < 1.29 is 41.0 Å². The van der Waals surface area contributed by atoms with Crippen molar-refractivity contribution in [3.8, 4) is 17.0 Å². The Hall–Kier alpha value is -3.91. The van der Waals surface area contributed by atoms with Gasteiger partial charge in [0.15, 0.2) is 0 Å². The van der Waals surface area contributed by atoms with E-state index in [0.717, 1.165) is 13.1 Å². The molecule has 1 saturated heterocycles. The summed E-state index contributed by atoms with van der Waals surface area (Å²) in [5.74, 6) is 0.0531. The first-order valence-corrected chi connectivity index (χ1v) is 12.7. The fraction of sp³-hybridized carbons (Fsp3) is 0.393. The van der Waals surface area contributed by atoms with Crippen LogP contribution in [0.4, 0.5) is 32.3 Å². The zero-order chi connectivity index (χ0) is 31.2. The van der Waals surface area contributed by atoms with Crippen molar-refractivity contribution in [2.24, 2.45) is 0 Å². The third kappa shape index (κ3) is 8.32. The van der Waals surface area contributed by atoms with E-state index in [9.17, 15) is 36.2 Å². The van der Waals surface area contributed by atoms with Crippen LogP contribution >= 0.6 is 0 Å². The standard InChI is InChI=1S/C18H22N4O3.C10H8F6N/c1-11-9-22(10-12(2)20-11)18-19-8-14(17(23)24)16(21-18)13-6-4-5-7-15(13)25-3;1-17-5-6-2-7(9(11,12)13)4-8(3-6)10(14,15)16/h4-8,11-12,20H,9-10H2,1-3H3,(H,23,24);2-4H,5H2,1H3/q;-1/t11-,12+;. The predicted octanol–water partition coefficient (Wildman–Crippen LogP) is 6.26. The molecule has 0 unspecified atom stereocenters. The number of hydrogen-bond donors (Lipinski definition) is 2. The number of methoxy groups -OCH3 is 1. The smallest absolute Gasteiger partial charge is 0.416 e. The molecule has 1 fully saturated rings. The van der Waals surface area contributed by atoms with E-state index < -0.39 is 29.4 Å². The number of piperazine rings is 1. The van der Waals surface area contributed by atoms with E-state index >= 15 is 0 Å². The number of ether oxygens (including phenoxy) is 1. The highest BCUT2D eigenvalue weighted by molar-refractivity contribution is 5.95. The number of carbonyl (C=O) groups is 1. The lowest BCUT2D eigenvalue weighted by Gasteiger charge is -2.36. The molecule has 4 rings (SSSR count). The summed E-state index contributed by atoms with van der Waals surface area (Å²) in [4.78, 5) is 22.6. The van der Waals surface area contributed by atoms with Crippen LogP contribution in [0.15, 0.2) is 48.7 Å². The van der Waals surface area contributed by atoms with Gasteiger partial charge < -0.3 is 25.4 Å². The van der Waals surface area contributed by atoms with Crippen molar-refractivity contribution in [1.82, 2.24) is 15.3 Å². The Labute approximate surface area is 238 Å². The van der Waals surface area contributed by atoms with Gasteiger partial charge >= 0.3 is 18.3 Å². The molecule has 3 aromatic rings. The molecule has 14 heteroatoms. The number of benzene rings is 2. The van der Waals surface area contributed by atoms with Crippen molar-refractivity contribution in [3.63, 3.8) is 0 Å². The van der Waals surface area contributed by atoms with Crippen LogP contribution in [0, 0.1) is 0 Å². The Morgan fingerprint density at radius 1 is 1.05 bits per heavy atom. The molecule has 8 nitrogen and oxygen atoms in total. The molecule has 2 atom stereocenters. The average Bonchev–Trinajstić information content (AvgIpc) is 2.91. The average molecular weight is 599 g/mol. The maximum absolute atomic E-state index is 12.4. The van der Waals surface area contributed by atoms with Gasteiger partial charge in [0, 0.05) is 36.9 Å². The SMILES string of the molecule is COc1ccccc1-c1nc(N2C[C@@H](C)N[C@@H](C)C2)ncc1C(=O)O.C[N-]Cc1cc(C(F)(F)F)cc(C(F)(F)F)c1. The summed E-state index contributed by atoms with van der Waals surface area (Å²) >= 11 is 0. The second-order valence-electron chi connectivity index (χ2n) is 9.70. The largest absolute Gasteiger partial charge is 0.661 e. The van der Waals surface area contributed by atoms with Gasteiger partial charge in [-0.25, -0.2) is 14.8 Å². The summed E-state index contributed by atoms with van der Waals surface area (Å²) in [6.45, 7) is 5.56. The van der Waals surface area contributed by atoms with E-state index in [4.69, 9.17) is 4.74 Å². The Balaban J connectivity index is 0.000000250. The van der Waals surface area contributed by atoms with Crippen LogP contribution in [0.2, 0.25) is 0 Å². The number of anilines is 1. The molecule has 2 heterocycles. The number of carboxylic acid groups (broad SMARTS) is 1. The van der Waals surface area contributed by atoms with Gasteiger partial charge in [-0.05, 0) is 44.2 Å². The van der Waals surface area contributed by atoms with Crippen LogP contribution in [0.5, 0.6) is 5.75 Å². The molecule has 1 aliphatic rings. The second-order valence-corrected chi connectivity index (χ2v) is 9.70. The van der Waals surface area contributed by atoms with Crippen molar-refractivity contribution in [2.45, 2.75) is 44.8 Å². The van der Waals surface area contributed by atoms with Gasteiger partial charge in [-0.3, -0.25) is 0 Å². The summed E-state index contributed by atoms with van der Waals surface area (Å²) in [7, 11) is 2.87. The zero-order valence-electron chi connectivity index (χ0n) is 23.2. The molecule has 1 aromatic heterocycles. The summed E-state index contributed by atoms with van der Waals surface area (Å²) in [6.07, 6.45) is -8.22. The fourth-order valence-electron chi connectivity index (χ4n) is 4.51. The number of nitrogens with zero attached hydrogens (tertiary/aromatic N) is 4. The summed E-state index contributed by atoms with van der Waals surface area (Å²) < 4.78 is 79.6. The molecule has 0 amide bonds. The van der Waals surface area contributed by atoms with Gasteiger partial charge in [0.05, 0.1) is 23.9 Å². The maximum Gasteiger partial charge on any atom is 0.416 e. The Morgan fingerprint density at radius 2 is 1.62 bits per heavy atom. The highest BCUT2D eigenvalue weighted by Gasteiger charge is 2.36. The third-order valence-electron chi connectivity index (χ3n) is 6.20. The number of hydrogen-bond acceptors (Lipinski definition) is 6. The number of carboxylic acids is 1. The highest BCUT2D eigenvalue weighted by atomic mass is 19.4. The first-order chi connectivity index (χ1) is 19.6. The number of rotatable bonds is 6. The quantitative estimate of drug-likeness (QED) is 0.323. The topological polar surface area (TPSA) is 102 Å². The molecule has 0 saturated carbocycles. The second kappa shape index (κ2) is 13.4. The minimum atomic E-state index is -4.80. The van der Waals surface area contributed by atoms with E-state index in [0.29, 0.717) is 47.2 Å². The van der Waals surface area contributed by atoms with Crippen molar-refractivity contribution >= 4 is 11.9 Å². The summed E-state index contributed by atoms with van der Waals surface area (Å²) in [6, 6.07) is 9.31. The van der Waals surface area contributed by atoms with Gasteiger partial charge in [0.1, 0.15) is 11.3 Å².